The van der Waals surface area contributed by atoms with Crippen molar-refractivity contribution in [1.82, 2.24) is 4.57 Å². The molecule has 164 valence electrons. The van der Waals surface area contributed by atoms with Gasteiger partial charge in [0, 0.05) is 23.2 Å². The first-order valence-electron chi connectivity index (χ1n) is 10.7. The second-order valence-corrected chi connectivity index (χ2v) is 7.40. The highest BCUT2D eigenvalue weighted by atomic mass is 16.5. The van der Waals surface area contributed by atoms with Crippen molar-refractivity contribution in [3.63, 3.8) is 0 Å². The van der Waals surface area contributed by atoms with Gasteiger partial charge < -0.3 is 19.8 Å². The van der Waals surface area contributed by atoms with Gasteiger partial charge in [-0.3, -0.25) is 5.32 Å². The highest BCUT2D eigenvalue weighted by Gasteiger charge is 2.17. The zero-order valence-electron chi connectivity index (χ0n) is 18.5. The minimum Gasteiger partial charge on any atom is -0.497 e. The molecule has 0 fully saturated rings. The fourth-order valence-corrected chi connectivity index (χ4v) is 4.03. The Morgan fingerprint density at radius 2 is 1.72 bits per heavy atom. The van der Waals surface area contributed by atoms with Gasteiger partial charge in [0.05, 0.1) is 30.6 Å². The summed E-state index contributed by atoms with van der Waals surface area (Å²) in [5.74, 6) is 0.813. The molecule has 0 aliphatic rings. The maximum Gasteiger partial charge on any atom is 0.411 e. The van der Waals surface area contributed by atoms with E-state index in [2.05, 4.69) is 41.1 Å². The Bertz CT molecular complexity index is 1280. The van der Waals surface area contributed by atoms with E-state index in [4.69, 9.17) is 15.2 Å². The number of nitrogens with one attached hydrogen (secondary N) is 1. The van der Waals surface area contributed by atoms with E-state index in [1.165, 1.54) is 0 Å². The average Bonchev–Trinajstić information content (AvgIpc) is 3.10. The van der Waals surface area contributed by atoms with Gasteiger partial charge in [-0.2, -0.15) is 0 Å². The molecule has 6 nitrogen and oxygen atoms in total. The number of nitrogen functional groups attached to an aromatic ring is 1. The van der Waals surface area contributed by atoms with Crippen LogP contribution in [0.25, 0.3) is 33.3 Å². The summed E-state index contributed by atoms with van der Waals surface area (Å²) in [7, 11) is 1.67. The van der Waals surface area contributed by atoms with Crippen molar-refractivity contribution >= 4 is 28.4 Å². The molecular formula is C26H27N3O3. The molecule has 0 unspecified atom stereocenters. The zero-order chi connectivity index (χ0) is 22.7. The molecule has 0 aliphatic carbocycles. The topological polar surface area (TPSA) is 78.5 Å². The Morgan fingerprint density at radius 1 is 0.969 bits per heavy atom. The largest absolute Gasteiger partial charge is 0.497 e. The number of anilines is 2. The zero-order valence-corrected chi connectivity index (χ0v) is 18.5. The van der Waals surface area contributed by atoms with Crippen molar-refractivity contribution in [3.05, 3.63) is 66.7 Å². The number of benzene rings is 3. The van der Waals surface area contributed by atoms with Crippen LogP contribution in [0.5, 0.6) is 5.75 Å². The van der Waals surface area contributed by atoms with Gasteiger partial charge in [0.25, 0.3) is 0 Å². The van der Waals surface area contributed by atoms with E-state index in [0.29, 0.717) is 18.0 Å². The predicted molar refractivity (Wildman–Crippen MR) is 130 cm³/mol. The van der Waals surface area contributed by atoms with Gasteiger partial charge in [-0.05, 0) is 61.4 Å². The van der Waals surface area contributed by atoms with Crippen molar-refractivity contribution in [1.29, 1.82) is 0 Å². The van der Waals surface area contributed by atoms with Crippen molar-refractivity contribution in [2.75, 3.05) is 24.8 Å². The summed E-state index contributed by atoms with van der Waals surface area (Å²) >= 11 is 0. The Morgan fingerprint density at radius 3 is 2.47 bits per heavy atom. The first kappa shape index (κ1) is 21.3. The first-order chi connectivity index (χ1) is 15.5. The molecule has 4 aromatic rings. The molecule has 1 heterocycles. The van der Waals surface area contributed by atoms with E-state index >= 15 is 0 Å². The Labute approximate surface area is 187 Å². The molecular weight excluding hydrogens is 402 g/mol. The third-order valence-electron chi connectivity index (χ3n) is 5.48. The van der Waals surface area contributed by atoms with Gasteiger partial charge in [0.1, 0.15) is 5.75 Å². The lowest BCUT2D eigenvalue weighted by atomic mass is 10.0. The van der Waals surface area contributed by atoms with Crippen molar-refractivity contribution in [2.45, 2.75) is 20.4 Å². The second-order valence-electron chi connectivity index (χ2n) is 7.40. The number of aromatic nitrogens is 1. The van der Waals surface area contributed by atoms with Crippen LogP contribution in [0.4, 0.5) is 16.2 Å². The van der Waals surface area contributed by atoms with Crippen LogP contribution in [0.3, 0.4) is 0 Å². The van der Waals surface area contributed by atoms with Gasteiger partial charge >= 0.3 is 6.09 Å². The summed E-state index contributed by atoms with van der Waals surface area (Å²) in [6.45, 7) is 4.95. The summed E-state index contributed by atoms with van der Waals surface area (Å²) in [6, 6.07) is 21.9. The molecule has 1 aromatic heterocycles. The number of ether oxygens (including phenoxy) is 2. The summed E-state index contributed by atoms with van der Waals surface area (Å²) in [5, 5.41) is 3.75. The smallest absolute Gasteiger partial charge is 0.411 e. The molecule has 6 heteroatoms. The SMILES string of the molecule is CCOC(=O)Nc1cccc(-c2c(N)c3cc(-c4cccc(OC)c4)ccc3n2CC)c1. The lowest BCUT2D eigenvalue weighted by Gasteiger charge is -2.11. The fourth-order valence-electron chi connectivity index (χ4n) is 4.03. The van der Waals surface area contributed by atoms with Gasteiger partial charge in [-0.15, -0.1) is 0 Å². The number of carbonyl (C=O) groups is 1. The average molecular weight is 430 g/mol. The number of nitrogens with zero attached hydrogens (tertiary/aromatic N) is 1. The van der Waals surface area contributed by atoms with Crippen LogP contribution < -0.4 is 15.8 Å². The second kappa shape index (κ2) is 9.06. The number of carbonyl (C=O) groups excluding carboxylic acids is 1. The van der Waals surface area contributed by atoms with E-state index in [9.17, 15) is 4.79 Å². The van der Waals surface area contributed by atoms with E-state index < -0.39 is 6.09 Å². The fraction of sp³-hybridized carbons (Fsp3) is 0.192. The lowest BCUT2D eigenvalue weighted by molar-refractivity contribution is 0.168. The monoisotopic (exact) mass is 429 g/mol. The van der Waals surface area contributed by atoms with E-state index in [0.717, 1.165) is 45.6 Å². The van der Waals surface area contributed by atoms with Crippen LogP contribution in [0, 0.1) is 0 Å². The van der Waals surface area contributed by atoms with Crippen LogP contribution in [0.2, 0.25) is 0 Å². The van der Waals surface area contributed by atoms with Gasteiger partial charge in [0.15, 0.2) is 0 Å². The molecule has 1 amide bonds. The van der Waals surface area contributed by atoms with E-state index in [-0.39, 0.29) is 0 Å². The summed E-state index contributed by atoms with van der Waals surface area (Å²) in [5.41, 5.74) is 13.1. The molecule has 0 saturated heterocycles. The van der Waals surface area contributed by atoms with Crippen LogP contribution in [-0.2, 0) is 11.3 Å². The summed E-state index contributed by atoms with van der Waals surface area (Å²) in [6.07, 6.45) is -0.475. The highest BCUT2D eigenvalue weighted by molar-refractivity contribution is 6.03. The van der Waals surface area contributed by atoms with Gasteiger partial charge in [-0.1, -0.05) is 30.3 Å². The van der Waals surface area contributed by atoms with E-state index in [1.807, 2.05) is 42.5 Å². The van der Waals surface area contributed by atoms with Crippen molar-refractivity contribution in [3.8, 4) is 28.1 Å². The van der Waals surface area contributed by atoms with E-state index in [1.54, 1.807) is 14.0 Å². The Hall–Kier alpha value is -3.93. The van der Waals surface area contributed by atoms with Crippen LogP contribution in [-0.4, -0.2) is 24.4 Å². The molecule has 0 bridgehead atoms. The third kappa shape index (κ3) is 3.99. The highest BCUT2D eigenvalue weighted by Crippen LogP contribution is 2.39. The van der Waals surface area contributed by atoms with Crippen LogP contribution >= 0.6 is 0 Å². The standard InChI is InChI=1S/C26H27N3O3/c1-4-29-23-13-12-18(17-8-7-11-21(15-17)31-3)16-22(23)24(27)25(29)19-9-6-10-20(14-19)28-26(30)32-5-2/h6-16H,4-5,27H2,1-3H3,(H,28,30). The summed E-state index contributed by atoms with van der Waals surface area (Å²) in [4.78, 5) is 11.8. The molecule has 3 N–H and O–H groups in total. The number of aryl methyl sites for hydroxylation is 1. The molecule has 0 saturated carbocycles. The third-order valence-corrected chi connectivity index (χ3v) is 5.48. The molecule has 0 spiro atoms. The number of fused-ring (bicyclic) bond motifs is 1. The van der Waals surface area contributed by atoms with Crippen LogP contribution in [0.1, 0.15) is 13.8 Å². The molecule has 32 heavy (non-hydrogen) atoms. The van der Waals surface area contributed by atoms with Gasteiger partial charge in [0.2, 0.25) is 0 Å². The van der Waals surface area contributed by atoms with Crippen molar-refractivity contribution in [2.24, 2.45) is 0 Å². The molecule has 0 aliphatic heterocycles. The number of hydrogen-bond acceptors (Lipinski definition) is 4. The van der Waals surface area contributed by atoms with Gasteiger partial charge in [-0.25, -0.2) is 4.79 Å². The molecule has 0 radical (unpaired) electrons. The lowest BCUT2D eigenvalue weighted by Crippen LogP contribution is -2.13. The minimum atomic E-state index is -0.475. The Kier molecular flexibility index (Phi) is 6.03. The normalized spacial score (nSPS) is 10.8. The maximum absolute atomic E-state index is 11.8. The number of amides is 1. The first-order valence-corrected chi connectivity index (χ1v) is 10.7. The summed E-state index contributed by atoms with van der Waals surface area (Å²) < 4.78 is 12.6. The maximum atomic E-state index is 11.8. The van der Waals surface area contributed by atoms with Crippen LogP contribution in [0.15, 0.2) is 66.7 Å². The Balaban J connectivity index is 1.80. The number of rotatable bonds is 6. The number of nitrogens with two attached hydrogens (primary N) is 1. The van der Waals surface area contributed by atoms with Crippen molar-refractivity contribution < 1.29 is 14.3 Å². The minimum absolute atomic E-state index is 0.318. The number of hydrogen-bond donors (Lipinski definition) is 2. The molecule has 4 rings (SSSR count). The molecule has 0 atom stereocenters. The predicted octanol–water partition coefficient (Wildman–Crippen LogP) is 6.15. The number of methoxy groups -OCH3 is 1. The quantitative estimate of drug-likeness (QED) is 0.385. The molecule has 3 aromatic carbocycles.